The van der Waals surface area contributed by atoms with Crippen molar-refractivity contribution in [2.45, 2.75) is 32.6 Å². The third-order valence-electron chi connectivity index (χ3n) is 4.29. The number of benzene rings is 1. The largest absolute Gasteiger partial charge is 0.425 e. The number of likely N-dealkylation sites (tertiary alicyclic amines) is 1. The van der Waals surface area contributed by atoms with Crippen molar-refractivity contribution in [3.63, 3.8) is 0 Å². The van der Waals surface area contributed by atoms with Gasteiger partial charge < -0.3 is 9.32 Å². The molecule has 0 N–H and O–H groups in total. The number of aromatic nitrogens is 2. The maximum Gasteiger partial charge on any atom is 0.249 e. The Morgan fingerprint density at radius 2 is 2.00 bits per heavy atom. The van der Waals surface area contributed by atoms with Crippen LogP contribution in [-0.2, 0) is 4.79 Å². The normalized spacial score (nSPS) is 16.5. The highest BCUT2D eigenvalue weighted by atomic mass is 19.1. The Kier molecular flexibility index (Phi) is 4.74. The highest BCUT2D eigenvalue weighted by Crippen LogP contribution is 2.27. The highest BCUT2D eigenvalue weighted by Gasteiger charge is 2.27. The fourth-order valence-electron chi connectivity index (χ4n) is 2.94. The molecule has 2 aromatic rings. The van der Waals surface area contributed by atoms with Crippen LogP contribution in [0.4, 0.5) is 4.39 Å². The summed E-state index contributed by atoms with van der Waals surface area (Å²) in [5, 5.41) is 7.92. The minimum absolute atomic E-state index is 0.0570. The van der Waals surface area contributed by atoms with Crippen LogP contribution in [0.3, 0.4) is 0 Å². The van der Waals surface area contributed by atoms with Gasteiger partial charge in [-0.1, -0.05) is 18.2 Å². The first kappa shape index (κ1) is 16.4. The van der Waals surface area contributed by atoms with Crippen LogP contribution in [0.5, 0.6) is 0 Å². The van der Waals surface area contributed by atoms with Crippen LogP contribution in [0, 0.1) is 12.7 Å². The van der Waals surface area contributed by atoms with E-state index in [-0.39, 0.29) is 17.6 Å². The van der Waals surface area contributed by atoms with Crippen LogP contribution in [0.25, 0.3) is 6.08 Å². The Morgan fingerprint density at radius 1 is 1.29 bits per heavy atom. The summed E-state index contributed by atoms with van der Waals surface area (Å²) >= 11 is 0. The smallest absolute Gasteiger partial charge is 0.249 e. The monoisotopic (exact) mass is 329 g/mol. The molecule has 6 heteroatoms. The molecular weight excluding hydrogens is 309 g/mol. The Bertz CT molecular complexity index is 761. The molecule has 0 bridgehead atoms. The molecule has 0 spiro atoms. The fourth-order valence-corrected chi connectivity index (χ4v) is 2.94. The van der Waals surface area contributed by atoms with Crippen molar-refractivity contribution in [1.29, 1.82) is 0 Å². The van der Waals surface area contributed by atoms with Crippen LogP contribution >= 0.6 is 0 Å². The topological polar surface area (TPSA) is 59.2 Å². The minimum Gasteiger partial charge on any atom is -0.425 e. The molecule has 0 aliphatic carbocycles. The molecule has 1 aliphatic rings. The van der Waals surface area contributed by atoms with Crippen LogP contribution in [-0.4, -0.2) is 34.1 Å². The second-order valence-corrected chi connectivity index (χ2v) is 6.07. The maximum atomic E-state index is 13.7. The number of aryl methyl sites for hydroxylation is 1. The van der Waals surface area contributed by atoms with E-state index in [1.807, 2.05) is 0 Å². The molecule has 126 valence electrons. The number of carbonyl (C=O) groups is 1. The van der Waals surface area contributed by atoms with Gasteiger partial charge in [-0.3, -0.25) is 4.79 Å². The summed E-state index contributed by atoms with van der Waals surface area (Å²) in [6, 6.07) is 6.44. The number of hydrogen-bond donors (Lipinski definition) is 0. The van der Waals surface area contributed by atoms with E-state index >= 15 is 0 Å². The van der Waals surface area contributed by atoms with Crippen LogP contribution in [0.1, 0.15) is 43.0 Å². The number of carbonyl (C=O) groups excluding carboxylic acids is 1. The first-order chi connectivity index (χ1) is 11.5. The molecule has 1 aromatic heterocycles. The van der Waals surface area contributed by atoms with Gasteiger partial charge in [0.1, 0.15) is 5.82 Å². The van der Waals surface area contributed by atoms with E-state index in [1.54, 1.807) is 43.0 Å². The van der Waals surface area contributed by atoms with E-state index in [2.05, 4.69) is 10.2 Å². The van der Waals surface area contributed by atoms with Gasteiger partial charge in [-0.15, -0.1) is 10.2 Å². The average molecular weight is 329 g/mol. The van der Waals surface area contributed by atoms with Crippen molar-refractivity contribution in [3.8, 4) is 0 Å². The number of nitrogens with zero attached hydrogens (tertiary/aromatic N) is 3. The fraction of sp³-hybridized carbons (Fsp3) is 0.389. The molecule has 0 radical (unpaired) electrons. The third-order valence-corrected chi connectivity index (χ3v) is 4.29. The zero-order chi connectivity index (χ0) is 17.1. The molecule has 1 aromatic carbocycles. The molecular formula is C18H20FN3O2. The zero-order valence-corrected chi connectivity index (χ0v) is 13.8. The summed E-state index contributed by atoms with van der Waals surface area (Å²) in [7, 11) is 0. The standard InChI is InChI=1S/C18H20FN3O2/c1-12(11-15-5-3-4-6-16(15)19)18(23)22-9-7-14(8-10-22)17-21-20-13(2)24-17/h3-6,11,14H,7-10H2,1-2H3/b12-11+. The van der Waals surface area contributed by atoms with E-state index in [9.17, 15) is 9.18 Å². The van der Waals surface area contributed by atoms with Gasteiger partial charge in [0, 0.05) is 37.1 Å². The van der Waals surface area contributed by atoms with Crippen molar-refractivity contribution in [2.24, 2.45) is 0 Å². The van der Waals surface area contributed by atoms with E-state index in [4.69, 9.17) is 4.42 Å². The molecule has 1 fully saturated rings. The van der Waals surface area contributed by atoms with Gasteiger partial charge in [0.25, 0.3) is 0 Å². The van der Waals surface area contributed by atoms with Gasteiger partial charge in [-0.25, -0.2) is 4.39 Å². The number of halogens is 1. The molecule has 1 saturated heterocycles. The van der Waals surface area contributed by atoms with Gasteiger partial charge in [-0.2, -0.15) is 0 Å². The SMILES string of the molecule is C/C(=C\c1ccccc1F)C(=O)N1CCC(c2nnc(C)o2)CC1. The van der Waals surface area contributed by atoms with E-state index in [0.29, 0.717) is 36.0 Å². The molecule has 3 rings (SSSR count). The summed E-state index contributed by atoms with van der Waals surface area (Å²) < 4.78 is 19.2. The van der Waals surface area contributed by atoms with Crippen molar-refractivity contribution >= 4 is 12.0 Å². The van der Waals surface area contributed by atoms with Gasteiger partial charge in [0.15, 0.2) is 0 Å². The summed E-state index contributed by atoms with van der Waals surface area (Å²) in [6.45, 7) is 4.76. The van der Waals surface area contributed by atoms with E-state index < -0.39 is 0 Å². The second-order valence-electron chi connectivity index (χ2n) is 6.07. The van der Waals surface area contributed by atoms with Crippen molar-refractivity contribution in [2.75, 3.05) is 13.1 Å². The van der Waals surface area contributed by atoms with E-state index in [0.717, 1.165) is 12.8 Å². The first-order valence-electron chi connectivity index (χ1n) is 8.06. The minimum atomic E-state index is -0.324. The lowest BCUT2D eigenvalue weighted by molar-refractivity contribution is -0.128. The predicted molar refractivity (Wildman–Crippen MR) is 87.6 cm³/mol. The summed E-state index contributed by atoms with van der Waals surface area (Å²) in [5.74, 6) is 1.03. The van der Waals surface area contributed by atoms with Gasteiger partial charge in [-0.05, 0) is 31.9 Å². The Balaban J connectivity index is 1.63. The Morgan fingerprint density at radius 3 is 2.62 bits per heavy atom. The average Bonchev–Trinajstić information content (AvgIpc) is 3.03. The molecule has 2 heterocycles. The van der Waals surface area contributed by atoms with E-state index in [1.165, 1.54) is 6.07 Å². The highest BCUT2D eigenvalue weighted by molar-refractivity contribution is 5.97. The molecule has 5 nitrogen and oxygen atoms in total. The molecule has 1 amide bonds. The molecule has 24 heavy (non-hydrogen) atoms. The van der Waals surface area contributed by atoms with Crippen LogP contribution in [0.2, 0.25) is 0 Å². The first-order valence-corrected chi connectivity index (χ1v) is 8.06. The van der Waals surface area contributed by atoms with Crippen molar-refractivity contribution in [1.82, 2.24) is 15.1 Å². The second kappa shape index (κ2) is 6.95. The van der Waals surface area contributed by atoms with Gasteiger partial charge in [0.2, 0.25) is 17.7 Å². The number of rotatable bonds is 3. The zero-order valence-electron chi connectivity index (χ0n) is 13.8. The summed E-state index contributed by atoms with van der Waals surface area (Å²) in [5.41, 5.74) is 0.965. The molecule has 1 aliphatic heterocycles. The number of piperidine rings is 1. The molecule has 0 unspecified atom stereocenters. The van der Waals surface area contributed by atoms with Gasteiger partial charge >= 0.3 is 0 Å². The molecule has 0 saturated carbocycles. The predicted octanol–water partition coefficient (Wildman–Crippen LogP) is 3.33. The third kappa shape index (κ3) is 3.53. The lowest BCUT2D eigenvalue weighted by atomic mass is 9.96. The molecule has 0 atom stereocenters. The van der Waals surface area contributed by atoms with Gasteiger partial charge in [0.05, 0.1) is 0 Å². The van der Waals surface area contributed by atoms with Crippen molar-refractivity contribution in [3.05, 3.63) is 53.0 Å². The lowest BCUT2D eigenvalue weighted by Gasteiger charge is -2.30. The Labute approximate surface area is 140 Å². The quantitative estimate of drug-likeness (QED) is 0.811. The van der Waals surface area contributed by atoms with Crippen LogP contribution < -0.4 is 0 Å². The number of hydrogen-bond acceptors (Lipinski definition) is 4. The Hall–Kier alpha value is -2.50. The summed E-state index contributed by atoms with van der Waals surface area (Å²) in [6.07, 6.45) is 3.19. The van der Waals surface area contributed by atoms with Crippen molar-refractivity contribution < 1.29 is 13.6 Å². The number of amides is 1. The maximum absolute atomic E-state index is 13.7. The summed E-state index contributed by atoms with van der Waals surface area (Å²) in [4.78, 5) is 14.3. The van der Waals surface area contributed by atoms with Crippen LogP contribution in [0.15, 0.2) is 34.3 Å². The lowest BCUT2D eigenvalue weighted by Crippen LogP contribution is -2.38.